The largest absolute Gasteiger partial charge is 0.482 e. The summed E-state index contributed by atoms with van der Waals surface area (Å²) in [6.45, 7) is 4.23. The summed E-state index contributed by atoms with van der Waals surface area (Å²) in [7, 11) is 4.63. The SMILES string of the molecule is COC(=O)N(C)c1ccc2cc(-c3nc4cc(C(=O)N5C[C@H]6CC[C@@H](C5)C6N)cc(OC)n4c3C)n(CC3CC3)c2n1. The fourth-order valence-electron chi connectivity index (χ4n) is 6.88. The molecule has 220 valence electrons. The Labute approximate surface area is 244 Å². The van der Waals surface area contributed by atoms with Gasteiger partial charge in [0.25, 0.3) is 5.91 Å². The molecule has 3 aliphatic rings. The molecule has 4 aromatic rings. The van der Waals surface area contributed by atoms with Crippen LogP contribution in [0, 0.1) is 24.7 Å². The smallest absolute Gasteiger partial charge is 0.414 e. The highest BCUT2D eigenvalue weighted by atomic mass is 16.5. The number of likely N-dealkylation sites (tertiary alicyclic amines) is 1. The molecule has 7 rings (SSSR count). The van der Waals surface area contributed by atoms with Crippen molar-refractivity contribution in [2.24, 2.45) is 23.5 Å². The molecule has 42 heavy (non-hydrogen) atoms. The van der Waals surface area contributed by atoms with E-state index in [1.807, 2.05) is 40.5 Å². The van der Waals surface area contributed by atoms with Gasteiger partial charge in [-0.25, -0.2) is 14.8 Å². The quantitative estimate of drug-likeness (QED) is 0.370. The van der Waals surface area contributed by atoms with Crippen LogP contribution in [0.4, 0.5) is 10.6 Å². The van der Waals surface area contributed by atoms with Gasteiger partial charge >= 0.3 is 6.09 Å². The molecule has 3 fully saturated rings. The van der Waals surface area contributed by atoms with Crippen LogP contribution in [-0.2, 0) is 11.3 Å². The third-order valence-corrected chi connectivity index (χ3v) is 9.47. The van der Waals surface area contributed by atoms with Crippen LogP contribution < -0.4 is 15.4 Å². The first-order valence-corrected chi connectivity index (χ1v) is 14.7. The van der Waals surface area contributed by atoms with E-state index in [2.05, 4.69) is 10.6 Å². The third kappa shape index (κ3) is 4.29. The van der Waals surface area contributed by atoms with Crippen molar-refractivity contribution in [2.75, 3.05) is 39.3 Å². The summed E-state index contributed by atoms with van der Waals surface area (Å²) in [6.07, 6.45) is 4.05. The van der Waals surface area contributed by atoms with E-state index in [0.717, 1.165) is 47.5 Å². The van der Waals surface area contributed by atoms with Crippen LogP contribution in [0.25, 0.3) is 28.1 Å². The van der Waals surface area contributed by atoms with E-state index in [0.29, 0.717) is 53.8 Å². The Morgan fingerprint density at radius 1 is 1.05 bits per heavy atom. The van der Waals surface area contributed by atoms with Crippen LogP contribution in [0.3, 0.4) is 0 Å². The topological polar surface area (TPSA) is 120 Å². The van der Waals surface area contributed by atoms with Gasteiger partial charge in [0.1, 0.15) is 22.8 Å². The van der Waals surface area contributed by atoms with Gasteiger partial charge in [0.05, 0.1) is 25.6 Å². The molecule has 4 aromatic heterocycles. The highest BCUT2D eigenvalue weighted by molar-refractivity contribution is 5.96. The Morgan fingerprint density at radius 3 is 2.45 bits per heavy atom. The molecule has 2 bridgehead atoms. The first-order chi connectivity index (χ1) is 20.3. The van der Waals surface area contributed by atoms with E-state index in [4.69, 9.17) is 25.2 Å². The summed E-state index contributed by atoms with van der Waals surface area (Å²) in [5, 5.41) is 0.963. The van der Waals surface area contributed by atoms with Crippen LogP contribution in [0.15, 0.2) is 30.3 Å². The van der Waals surface area contributed by atoms with Gasteiger partial charge in [-0.05, 0) is 74.6 Å². The Kier molecular flexibility index (Phi) is 6.38. The third-order valence-electron chi connectivity index (χ3n) is 9.47. The molecular formula is C31H37N7O4. The van der Waals surface area contributed by atoms with Gasteiger partial charge in [-0.1, -0.05) is 0 Å². The fraction of sp³-hybridized carbons (Fsp3) is 0.484. The predicted molar refractivity (Wildman–Crippen MR) is 159 cm³/mol. The minimum absolute atomic E-state index is 0.00361. The summed E-state index contributed by atoms with van der Waals surface area (Å²) < 4.78 is 14.9. The van der Waals surface area contributed by atoms with E-state index in [1.165, 1.54) is 24.9 Å². The molecule has 11 nitrogen and oxygen atoms in total. The maximum Gasteiger partial charge on any atom is 0.414 e. The van der Waals surface area contributed by atoms with Crippen molar-refractivity contribution < 1.29 is 19.1 Å². The second-order valence-electron chi connectivity index (χ2n) is 12.1. The maximum atomic E-state index is 13.7. The molecule has 2 aliphatic carbocycles. The lowest BCUT2D eigenvalue weighted by molar-refractivity contribution is 0.0636. The van der Waals surface area contributed by atoms with Gasteiger partial charge in [-0.15, -0.1) is 0 Å². The van der Waals surface area contributed by atoms with E-state index in [-0.39, 0.29) is 11.9 Å². The summed E-state index contributed by atoms with van der Waals surface area (Å²) in [5.41, 5.74) is 11.1. The monoisotopic (exact) mass is 571 g/mol. The van der Waals surface area contributed by atoms with E-state index < -0.39 is 6.09 Å². The lowest BCUT2D eigenvalue weighted by atomic mass is 9.92. The highest BCUT2D eigenvalue weighted by Gasteiger charge is 2.41. The van der Waals surface area contributed by atoms with Crippen LogP contribution in [0.1, 0.15) is 41.7 Å². The van der Waals surface area contributed by atoms with Gasteiger partial charge in [-0.3, -0.25) is 14.1 Å². The number of carbonyl (C=O) groups excluding carboxylic acids is 2. The molecule has 1 saturated heterocycles. The number of methoxy groups -OCH3 is 2. The Morgan fingerprint density at radius 2 is 1.79 bits per heavy atom. The van der Waals surface area contributed by atoms with E-state index >= 15 is 0 Å². The Bertz CT molecular complexity index is 1710. The number of ether oxygens (including phenoxy) is 2. The number of imidazole rings is 1. The fourth-order valence-corrected chi connectivity index (χ4v) is 6.88. The average molecular weight is 572 g/mol. The molecule has 1 unspecified atom stereocenters. The molecular weight excluding hydrogens is 534 g/mol. The van der Waals surface area contributed by atoms with Gasteiger partial charge in [-0.2, -0.15) is 0 Å². The van der Waals surface area contributed by atoms with Crippen molar-refractivity contribution in [3.8, 4) is 17.3 Å². The Hall–Kier alpha value is -4.12. The van der Waals surface area contributed by atoms with Crippen molar-refractivity contribution in [3.05, 3.63) is 41.6 Å². The van der Waals surface area contributed by atoms with Gasteiger partial charge in [0.15, 0.2) is 5.88 Å². The number of nitrogens with two attached hydrogens (primary N) is 1. The number of anilines is 1. The molecule has 1 aliphatic heterocycles. The normalized spacial score (nSPS) is 21.7. The van der Waals surface area contributed by atoms with E-state index in [1.54, 1.807) is 14.2 Å². The lowest BCUT2D eigenvalue weighted by Gasteiger charge is -2.36. The lowest BCUT2D eigenvalue weighted by Crippen LogP contribution is -2.50. The summed E-state index contributed by atoms with van der Waals surface area (Å²) >= 11 is 0. The van der Waals surface area contributed by atoms with Crippen LogP contribution in [-0.4, -0.2) is 76.2 Å². The number of hydrogen-bond acceptors (Lipinski definition) is 7. The zero-order valence-electron chi connectivity index (χ0n) is 24.5. The molecule has 2 saturated carbocycles. The summed E-state index contributed by atoms with van der Waals surface area (Å²) in [5.74, 6) is 2.39. The molecule has 2 amide bonds. The van der Waals surface area contributed by atoms with Crippen LogP contribution in [0.2, 0.25) is 0 Å². The molecule has 0 radical (unpaired) electrons. The maximum absolute atomic E-state index is 13.7. The van der Waals surface area contributed by atoms with Gasteiger partial charge in [0, 0.05) is 49.7 Å². The van der Waals surface area contributed by atoms with Crippen molar-refractivity contribution >= 4 is 34.5 Å². The second kappa shape index (κ2) is 10.0. The predicted octanol–water partition coefficient (Wildman–Crippen LogP) is 4.09. The number of nitrogens with zero attached hydrogens (tertiary/aromatic N) is 6. The summed E-state index contributed by atoms with van der Waals surface area (Å²) in [4.78, 5) is 39.2. The zero-order valence-corrected chi connectivity index (χ0v) is 24.5. The molecule has 11 heteroatoms. The first-order valence-electron chi connectivity index (χ1n) is 14.7. The number of amides is 2. The van der Waals surface area contributed by atoms with Gasteiger partial charge < -0.3 is 24.7 Å². The van der Waals surface area contributed by atoms with Crippen molar-refractivity contribution in [2.45, 2.75) is 45.2 Å². The standard InChI is InChI=1S/C31H37N7O4/c1-17-28(23-11-19-9-10-24(35(2)31(40)42-4)34-29(19)37(23)14-18-5-6-18)33-25-12-22(13-26(41-3)38(17)25)30(39)36-15-20-7-8-21(16-36)27(20)32/h9-13,18,20-21,27H,5-8,14-16,32H2,1-4H3/t20-,21+,27?. The molecule has 3 atom stereocenters. The number of fused-ring (bicyclic) bond motifs is 4. The van der Waals surface area contributed by atoms with Crippen LogP contribution in [0.5, 0.6) is 5.88 Å². The first kappa shape index (κ1) is 26.8. The van der Waals surface area contributed by atoms with Gasteiger partial charge in [0.2, 0.25) is 0 Å². The number of hydrogen-bond donors (Lipinski definition) is 1. The molecule has 5 heterocycles. The highest BCUT2D eigenvalue weighted by Crippen LogP contribution is 2.39. The van der Waals surface area contributed by atoms with Crippen molar-refractivity contribution in [3.63, 3.8) is 0 Å². The second-order valence-corrected chi connectivity index (χ2v) is 12.1. The summed E-state index contributed by atoms with van der Waals surface area (Å²) in [6, 6.07) is 9.78. The zero-order chi connectivity index (χ0) is 29.3. The number of aryl methyl sites for hydroxylation is 1. The van der Waals surface area contributed by atoms with Crippen molar-refractivity contribution in [1.82, 2.24) is 23.8 Å². The Balaban J connectivity index is 1.31. The number of rotatable bonds is 6. The minimum atomic E-state index is -0.476. The van der Waals surface area contributed by atoms with Crippen molar-refractivity contribution in [1.29, 1.82) is 0 Å². The molecule has 2 N–H and O–H groups in total. The molecule has 0 aromatic carbocycles. The number of carbonyl (C=O) groups is 2. The van der Waals surface area contributed by atoms with Crippen LogP contribution >= 0.6 is 0 Å². The van der Waals surface area contributed by atoms with E-state index in [9.17, 15) is 9.59 Å². The number of aromatic nitrogens is 4. The minimum Gasteiger partial charge on any atom is -0.482 e. The number of pyridine rings is 2. The average Bonchev–Trinajstić information content (AvgIpc) is 3.64. The number of piperidine rings is 1. The molecule has 0 spiro atoms.